The average Bonchev–Trinajstić information content (AvgIpc) is 2.98. The molecule has 0 saturated heterocycles. The van der Waals surface area contributed by atoms with E-state index in [1.165, 1.54) is 13.2 Å². The van der Waals surface area contributed by atoms with E-state index in [0.717, 1.165) is 4.68 Å². The molecule has 0 aliphatic carbocycles. The molecule has 2 N–H and O–H groups in total. The number of rotatable bonds is 3. The van der Waals surface area contributed by atoms with E-state index < -0.39 is 24.0 Å². The van der Waals surface area contributed by atoms with E-state index in [1.54, 1.807) is 24.3 Å². The van der Waals surface area contributed by atoms with Crippen LogP contribution in [-0.4, -0.2) is 33.0 Å². The van der Waals surface area contributed by atoms with Crippen LogP contribution in [-0.2, 0) is 11.0 Å². The van der Waals surface area contributed by atoms with Gasteiger partial charge in [-0.15, -0.1) is 5.10 Å². The van der Waals surface area contributed by atoms with Crippen LogP contribution in [0.1, 0.15) is 17.4 Å². The summed E-state index contributed by atoms with van der Waals surface area (Å²) in [4.78, 5) is 14.6. The number of fused-ring (bicyclic) bond motifs is 1. The number of nitrogens with one attached hydrogen (secondary N) is 1. The van der Waals surface area contributed by atoms with E-state index in [4.69, 9.17) is 9.84 Å². The molecular weight excluding hydrogens is 329 g/mol. The van der Waals surface area contributed by atoms with Crippen LogP contribution in [0.25, 0.3) is 0 Å². The lowest BCUT2D eigenvalue weighted by atomic mass is 10.0. The molecule has 1 aromatic carbocycles. The molecule has 0 fully saturated rings. The van der Waals surface area contributed by atoms with Gasteiger partial charge >= 0.3 is 12.1 Å². The molecule has 10 heteroatoms. The van der Waals surface area contributed by atoms with Gasteiger partial charge in [-0.2, -0.15) is 18.2 Å². The summed E-state index contributed by atoms with van der Waals surface area (Å²) in [6.07, 6.45) is -3.47. The minimum absolute atomic E-state index is 0.274. The van der Waals surface area contributed by atoms with Crippen molar-refractivity contribution < 1.29 is 27.8 Å². The smallest absolute Gasteiger partial charge is 0.453 e. The number of aliphatic carboxylic acids is 1. The first-order valence-electron chi connectivity index (χ1n) is 6.69. The SMILES string of the molecule is COc1ccc(C2C=C(C(=O)O)Nc3nc(C(F)(F)F)nn32)cc1. The summed E-state index contributed by atoms with van der Waals surface area (Å²) in [6.45, 7) is 0. The van der Waals surface area contributed by atoms with Crippen LogP contribution in [0.15, 0.2) is 36.0 Å². The van der Waals surface area contributed by atoms with Crippen LogP contribution in [0.4, 0.5) is 19.1 Å². The minimum Gasteiger partial charge on any atom is -0.497 e. The molecule has 126 valence electrons. The highest BCUT2D eigenvalue weighted by molar-refractivity contribution is 5.90. The summed E-state index contributed by atoms with van der Waals surface area (Å²) in [5.41, 5.74) is 0.264. The second-order valence-corrected chi connectivity index (χ2v) is 4.93. The summed E-state index contributed by atoms with van der Waals surface area (Å²) >= 11 is 0. The lowest BCUT2D eigenvalue weighted by molar-refractivity contribution is -0.145. The van der Waals surface area contributed by atoms with Gasteiger partial charge in [0.25, 0.3) is 5.82 Å². The Morgan fingerprint density at radius 3 is 2.54 bits per heavy atom. The van der Waals surface area contributed by atoms with E-state index in [2.05, 4.69) is 15.4 Å². The second-order valence-electron chi connectivity index (χ2n) is 4.93. The molecule has 0 spiro atoms. The van der Waals surface area contributed by atoms with Gasteiger partial charge in [0.1, 0.15) is 17.5 Å². The highest BCUT2D eigenvalue weighted by atomic mass is 19.4. The molecule has 1 aliphatic rings. The number of aromatic nitrogens is 3. The number of hydrogen-bond acceptors (Lipinski definition) is 5. The molecule has 0 saturated carbocycles. The number of carboxylic acids is 1. The Hall–Kier alpha value is -3.04. The fraction of sp³-hybridized carbons (Fsp3) is 0.214. The van der Waals surface area contributed by atoms with E-state index in [0.29, 0.717) is 11.3 Å². The van der Waals surface area contributed by atoms with Gasteiger partial charge in [0.15, 0.2) is 0 Å². The molecule has 24 heavy (non-hydrogen) atoms. The van der Waals surface area contributed by atoms with E-state index in [-0.39, 0.29) is 11.6 Å². The molecule has 1 aromatic heterocycles. The number of carbonyl (C=O) groups is 1. The maximum absolute atomic E-state index is 12.8. The largest absolute Gasteiger partial charge is 0.497 e. The van der Waals surface area contributed by atoms with Gasteiger partial charge in [0.05, 0.1) is 7.11 Å². The third kappa shape index (κ3) is 2.77. The Balaban J connectivity index is 2.09. The Bertz CT molecular complexity index is 812. The van der Waals surface area contributed by atoms with Crippen molar-refractivity contribution in [2.45, 2.75) is 12.2 Å². The Morgan fingerprint density at radius 2 is 2.00 bits per heavy atom. The molecule has 0 amide bonds. The van der Waals surface area contributed by atoms with Gasteiger partial charge in [0.2, 0.25) is 5.95 Å². The van der Waals surface area contributed by atoms with Crippen LogP contribution in [0.2, 0.25) is 0 Å². The Kier molecular flexibility index (Phi) is 3.66. The highest BCUT2D eigenvalue weighted by Gasteiger charge is 2.39. The molecule has 2 aromatic rings. The number of benzene rings is 1. The maximum Gasteiger partial charge on any atom is 0.453 e. The van der Waals surface area contributed by atoms with Gasteiger partial charge in [-0.1, -0.05) is 12.1 Å². The van der Waals surface area contributed by atoms with Gasteiger partial charge in [-0.05, 0) is 23.8 Å². The lowest BCUT2D eigenvalue weighted by Crippen LogP contribution is -2.24. The van der Waals surface area contributed by atoms with Gasteiger partial charge in [-0.25, -0.2) is 9.48 Å². The van der Waals surface area contributed by atoms with Crippen molar-refractivity contribution in [2.75, 3.05) is 12.4 Å². The third-order valence-corrected chi connectivity index (χ3v) is 3.41. The minimum atomic E-state index is -4.74. The van der Waals surface area contributed by atoms with Crippen molar-refractivity contribution in [3.8, 4) is 5.75 Å². The number of anilines is 1. The summed E-state index contributed by atoms with van der Waals surface area (Å²) in [5, 5.41) is 14.9. The summed E-state index contributed by atoms with van der Waals surface area (Å²) < 4.78 is 44.6. The predicted molar refractivity (Wildman–Crippen MR) is 75.5 cm³/mol. The fourth-order valence-corrected chi connectivity index (χ4v) is 2.28. The maximum atomic E-state index is 12.8. The van der Waals surface area contributed by atoms with Crippen molar-refractivity contribution >= 4 is 11.9 Å². The highest BCUT2D eigenvalue weighted by Crippen LogP contribution is 2.33. The molecule has 1 atom stereocenters. The lowest BCUT2D eigenvalue weighted by Gasteiger charge is -2.22. The molecular formula is C14H11F3N4O3. The van der Waals surface area contributed by atoms with Crippen molar-refractivity contribution in [3.05, 3.63) is 47.4 Å². The zero-order chi connectivity index (χ0) is 17.5. The first kappa shape index (κ1) is 15.8. The summed E-state index contributed by atoms with van der Waals surface area (Å²) in [6, 6.07) is 5.62. The van der Waals surface area contributed by atoms with E-state index in [9.17, 15) is 18.0 Å². The van der Waals surface area contributed by atoms with Gasteiger partial charge in [-0.3, -0.25) is 0 Å². The number of hydrogen-bond donors (Lipinski definition) is 2. The van der Waals surface area contributed by atoms with E-state index >= 15 is 0 Å². The van der Waals surface area contributed by atoms with E-state index in [1.807, 2.05) is 0 Å². The standard InChI is InChI=1S/C14H11F3N4O3/c1-24-8-4-2-7(3-5-8)10-6-9(11(22)23)18-13-19-12(14(15,16)17)20-21(10)13/h2-6,10H,1H3,(H,22,23)(H,18,19,20). The fourth-order valence-electron chi connectivity index (χ4n) is 2.28. The summed E-state index contributed by atoms with van der Waals surface area (Å²) in [5.74, 6) is -2.38. The van der Waals surface area contributed by atoms with Crippen molar-refractivity contribution in [3.63, 3.8) is 0 Å². The number of methoxy groups -OCH3 is 1. The number of carboxylic acid groups (broad SMARTS) is 1. The van der Waals surface area contributed by atoms with Crippen molar-refractivity contribution in [1.29, 1.82) is 0 Å². The van der Waals surface area contributed by atoms with Crippen LogP contribution < -0.4 is 10.1 Å². The summed E-state index contributed by atoms with van der Waals surface area (Å²) in [7, 11) is 1.48. The predicted octanol–water partition coefficient (Wildman–Crippen LogP) is 2.29. The normalized spacial score (nSPS) is 16.8. The number of nitrogens with zero attached hydrogens (tertiary/aromatic N) is 3. The molecule has 1 unspecified atom stereocenters. The van der Waals surface area contributed by atoms with Crippen LogP contribution in [0.3, 0.4) is 0 Å². The topological polar surface area (TPSA) is 89.3 Å². The van der Waals surface area contributed by atoms with Crippen LogP contribution in [0.5, 0.6) is 5.75 Å². The molecule has 3 rings (SSSR count). The second kappa shape index (κ2) is 5.55. The van der Waals surface area contributed by atoms with Crippen LogP contribution >= 0.6 is 0 Å². The Labute approximate surface area is 133 Å². The van der Waals surface area contributed by atoms with Gasteiger partial charge < -0.3 is 15.2 Å². The average molecular weight is 340 g/mol. The van der Waals surface area contributed by atoms with Crippen molar-refractivity contribution in [1.82, 2.24) is 14.8 Å². The van der Waals surface area contributed by atoms with Gasteiger partial charge in [0, 0.05) is 0 Å². The molecule has 0 bridgehead atoms. The number of halogens is 3. The molecule has 2 heterocycles. The number of ether oxygens (including phenoxy) is 1. The van der Waals surface area contributed by atoms with Crippen molar-refractivity contribution in [2.24, 2.45) is 0 Å². The monoisotopic (exact) mass is 340 g/mol. The first-order valence-corrected chi connectivity index (χ1v) is 6.69. The zero-order valence-electron chi connectivity index (χ0n) is 12.2. The molecule has 7 nitrogen and oxygen atoms in total. The third-order valence-electron chi connectivity index (χ3n) is 3.41. The molecule has 0 radical (unpaired) electrons. The number of allylic oxidation sites excluding steroid dienone is 1. The van der Waals surface area contributed by atoms with Crippen LogP contribution in [0, 0.1) is 0 Å². The first-order chi connectivity index (χ1) is 11.3. The quantitative estimate of drug-likeness (QED) is 0.891. The number of alkyl halides is 3. The molecule has 1 aliphatic heterocycles. The Morgan fingerprint density at radius 1 is 1.33 bits per heavy atom. The zero-order valence-corrected chi connectivity index (χ0v) is 12.2.